The topological polar surface area (TPSA) is 73.6 Å². The molecule has 2 unspecified atom stereocenters. The molecule has 0 spiro atoms. The van der Waals surface area contributed by atoms with Crippen LogP contribution in [0, 0.1) is 0 Å². The molecule has 0 aliphatic carbocycles. The third-order valence-corrected chi connectivity index (χ3v) is 3.22. The Morgan fingerprint density at radius 2 is 2.05 bits per heavy atom. The molecule has 1 aliphatic heterocycles. The largest absolute Gasteiger partial charge is 0.486 e. The van der Waals surface area contributed by atoms with Crippen LogP contribution >= 0.6 is 0 Å². The van der Waals surface area contributed by atoms with Crippen LogP contribution < -0.4 is 20.5 Å². The van der Waals surface area contributed by atoms with Gasteiger partial charge in [-0.05, 0) is 31.0 Å². The predicted octanol–water partition coefficient (Wildman–Crippen LogP) is 1.76. The summed E-state index contributed by atoms with van der Waals surface area (Å²) in [5.74, 6) is 1.48. The van der Waals surface area contributed by atoms with Gasteiger partial charge in [-0.15, -0.1) is 0 Å². The lowest BCUT2D eigenvalue weighted by atomic mass is 10.0. The molecule has 5 heteroatoms. The van der Waals surface area contributed by atoms with Crippen molar-refractivity contribution in [2.45, 2.75) is 38.8 Å². The van der Waals surface area contributed by atoms with Gasteiger partial charge < -0.3 is 20.5 Å². The summed E-state index contributed by atoms with van der Waals surface area (Å²) < 4.78 is 11.1. The van der Waals surface area contributed by atoms with Crippen LogP contribution in [0.3, 0.4) is 0 Å². The van der Waals surface area contributed by atoms with E-state index in [2.05, 4.69) is 5.32 Å². The number of nitrogens with one attached hydrogen (secondary N) is 1. The molecule has 0 fully saturated rings. The average molecular weight is 278 g/mol. The summed E-state index contributed by atoms with van der Waals surface area (Å²) in [7, 11) is 0. The normalized spacial score (nSPS) is 16.4. The van der Waals surface area contributed by atoms with Crippen LogP contribution in [0.5, 0.6) is 11.5 Å². The van der Waals surface area contributed by atoms with Crippen molar-refractivity contribution in [1.29, 1.82) is 0 Å². The molecule has 1 heterocycles. The highest BCUT2D eigenvalue weighted by Crippen LogP contribution is 2.33. The summed E-state index contributed by atoms with van der Waals surface area (Å²) in [4.78, 5) is 11.8. The minimum absolute atomic E-state index is 0.0262. The first-order valence-corrected chi connectivity index (χ1v) is 7.04. The van der Waals surface area contributed by atoms with E-state index in [-0.39, 0.29) is 18.0 Å². The zero-order valence-corrected chi connectivity index (χ0v) is 12.0. The number of fused-ring (bicyclic) bond motifs is 1. The Kier molecular flexibility index (Phi) is 4.84. The van der Waals surface area contributed by atoms with Crippen molar-refractivity contribution in [2.75, 3.05) is 13.2 Å². The summed E-state index contributed by atoms with van der Waals surface area (Å²) in [6, 6.07) is 5.64. The number of ether oxygens (including phenoxy) is 2. The second-order valence-corrected chi connectivity index (χ2v) is 5.11. The van der Waals surface area contributed by atoms with Crippen molar-refractivity contribution in [2.24, 2.45) is 5.73 Å². The number of carbonyl (C=O) groups excluding carboxylic acids is 1. The van der Waals surface area contributed by atoms with Gasteiger partial charge in [0.1, 0.15) is 13.2 Å². The Balaban J connectivity index is 2.09. The Bertz CT molecular complexity index is 474. The highest BCUT2D eigenvalue weighted by atomic mass is 16.6. The third kappa shape index (κ3) is 3.63. The van der Waals surface area contributed by atoms with Crippen molar-refractivity contribution in [3.8, 4) is 11.5 Å². The first-order valence-electron chi connectivity index (χ1n) is 7.04. The van der Waals surface area contributed by atoms with E-state index < -0.39 is 0 Å². The van der Waals surface area contributed by atoms with Gasteiger partial charge in [-0.2, -0.15) is 0 Å². The molecular weight excluding hydrogens is 256 g/mol. The van der Waals surface area contributed by atoms with Crippen LogP contribution in [0.1, 0.15) is 38.3 Å². The van der Waals surface area contributed by atoms with Gasteiger partial charge in [0.25, 0.3) is 0 Å². The van der Waals surface area contributed by atoms with Gasteiger partial charge in [0.15, 0.2) is 11.5 Å². The number of nitrogens with two attached hydrogens (primary N) is 1. The van der Waals surface area contributed by atoms with E-state index in [0.717, 1.165) is 23.5 Å². The molecule has 2 atom stereocenters. The highest BCUT2D eigenvalue weighted by molar-refractivity contribution is 5.77. The van der Waals surface area contributed by atoms with Crippen molar-refractivity contribution in [3.05, 3.63) is 23.8 Å². The number of hydrogen-bond donors (Lipinski definition) is 2. The van der Waals surface area contributed by atoms with Gasteiger partial charge in [0.05, 0.1) is 6.04 Å². The van der Waals surface area contributed by atoms with Gasteiger partial charge >= 0.3 is 0 Å². The molecule has 110 valence electrons. The maximum absolute atomic E-state index is 11.8. The van der Waals surface area contributed by atoms with E-state index in [9.17, 15) is 4.79 Å². The second-order valence-electron chi connectivity index (χ2n) is 5.11. The van der Waals surface area contributed by atoms with Crippen molar-refractivity contribution < 1.29 is 14.3 Å². The van der Waals surface area contributed by atoms with Crippen LogP contribution in [0.2, 0.25) is 0 Å². The summed E-state index contributed by atoms with van der Waals surface area (Å²) in [6.07, 6.45) is 1.14. The number of carbonyl (C=O) groups is 1. The Labute approximate surface area is 119 Å². The quantitative estimate of drug-likeness (QED) is 0.860. The lowest BCUT2D eigenvalue weighted by Gasteiger charge is -2.22. The minimum atomic E-state index is -0.132. The maximum Gasteiger partial charge on any atom is 0.222 e. The van der Waals surface area contributed by atoms with E-state index >= 15 is 0 Å². The first kappa shape index (κ1) is 14.7. The van der Waals surface area contributed by atoms with E-state index in [1.165, 1.54) is 0 Å². The Hall–Kier alpha value is -1.75. The van der Waals surface area contributed by atoms with E-state index in [0.29, 0.717) is 19.6 Å². The molecule has 20 heavy (non-hydrogen) atoms. The Morgan fingerprint density at radius 3 is 2.70 bits per heavy atom. The minimum Gasteiger partial charge on any atom is -0.486 e. The first-order chi connectivity index (χ1) is 9.60. The summed E-state index contributed by atoms with van der Waals surface area (Å²) >= 11 is 0. The fourth-order valence-electron chi connectivity index (χ4n) is 2.24. The fourth-order valence-corrected chi connectivity index (χ4v) is 2.24. The molecule has 1 aromatic carbocycles. The molecule has 1 aromatic rings. The maximum atomic E-state index is 11.8. The smallest absolute Gasteiger partial charge is 0.222 e. The number of rotatable bonds is 5. The van der Waals surface area contributed by atoms with Gasteiger partial charge in [-0.3, -0.25) is 4.79 Å². The van der Waals surface area contributed by atoms with Crippen LogP contribution in [-0.2, 0) is 4.79 Å². The number of hydrogen-bond acceptors (Lipinski definition) is 4. The Morgan fingerprint density at radius 1 is 1.35 bits per heavy atom. The van der Waals surface area contributed by atoms with Crippen LogP contribution in [0.4, 0.5) is 0 Å². The molecule has 3 N–H and O–H groups in total. The fraction of sp³-hybridized carbons (Fsp3) is 0.533. The molecule has 2 rings (SSSR count). The van der Waals surface area contributed by atoms with Gasteiger partial charge in [0.2, 0.25) is 5.91 Å². The predicted molar refractivity (Wildman–Crippen MR) is 76.9 cm³/mol. The zero-order chi connectivity index (χ0) is 14.5. The monoisotopic (exact) mass is 278 g/mol. The van der Waals surface area contributed by atoms with Crippen molar-refractivity contribution in [3.63, 3.8) is 0 Å². The molecular formula is C15H22N2O3. The average Bonchev–Trinajstić information content (AvgIpc) is 2.43. The molecule has 0 saturated heterocycles. The molecule has 0 aromatic heterocycles. The summed E-state index contributed by atoms with van der Waals surface area (Å²) in [5, 5.41) is 3.01. The van der Waals surface area contributed by atoms with Crippen molar-refractivity contribution in [1.82, 2.24) is 5.32 Å². The van der Waals surface area contributed by atoms with Gasteiger partial charge in [-0.25, -0.2) is 0 Å². The molecule has 1 amide bonds. The molecule has 0 saturated carbocycles. The van der Waals surface area contributed by atoms with E-state index in [1.807, 2.05) is 32.0 Å². The molecule has 0 radical (unpaired) electrons. The summed E-state index contributed by atoms with van der Waals surface area (Å²) in [6.45, 7) is 5.00. The molecule has 0 bridgehead atoms. The molecule has 1 aliphatic rings. The van der Waals surface area contributed by atoms with E-state index in [4.69, 9.17) is 15.2 Å². The van der Waals surface area contributed by atoms with Crippen LogP contribution in [0.25, 0.3) is 0 Å². The lowest BCUT2D eigenvalue weighted by molar-refractivity contribution is -0.122. The van der Waals surface area contributed by atoms with Gasteiger partial charge in [0, 0.05) is 12.5 Å². The highest BCUT2D eigenvalue weighted by Gasteiger charge is 2.17. The van der Waals surface area contributed by atoms with E-state index in [1.54, 1.807) is 0 Å². The van der Waals surface area contributed by atoms with Crippen molar-refractivity contribution >= 4 is 5.91 Å². The third-order valence-electron chi connectivity index (χ3n) is 3.22. The lowest BCUT2D eigenvalue weighted by Crippen LogP contribution is -2.32. The zero-order valence-electron chi connectivity index (χ0n) is 12.0. The second kappa shape index (κ2) is 6.61. The SMILES string of the molecule is CCC(NC(=O)CC(C)N)c1ccc2c(c1)OCCO2. The van der Waals surface area contributed by atoms with Crippen LogP contribution in [-0.4, -0.2) is 25.2 Å². The summed E-state index contributed by atoms with van der Waals surface area (Å²) in [5.41, 5.74) is 6.67. The number of amides is 1. The standard InChI is InChI=1S/C15H22N2O3/c1-3-12(17-15(18)8-10(2)16)11-4-5-13-14(9-11)20-7-6-19-13/h4-5,9-10,12H,3,6-8,16H2,1-2H3,(H,17,18). The molecule has 5 nitrogen and oxygen atoms in total. The van der Waals surface area contributed by atoms with Gasteiger partial charge in [-0.1, -0.05) is 13.0 Å². The number of benzene rings is 1. The van der Waals surface area contributed by atoms with Crippen LogP contribution in [0.15, 0.2) is 18.2 Å².